The number of carbonyl (C=O) groups is 4. The lowest BCUT2D eigenvalue weighted by Gasteiger charge is -2.21. The minimum absolute atomic E-state index is 0.0367. The molecule has 0 unspecified atom stereocenters. The zero-order chi connectivity index (χ0) is 23.4. The molecule has 0 saturated carbocycles. The monoisotopic (exact) mass is 434 g/mol. The van der Waals surface area contributed by atoms with E-state index in [4.69, 9.17) is 14.7 Å². The summed E-state index contributed by atoms with van der Waals surface area (Å²) in [6.07, 6.45) is 1.29. The second kappa shape index (κ2) is 9.14. The number of fused-ring (bicyclic) bond motifs is 1. The molecule has 2 amide bonds. The van der Waals surface area contributed by atoms with E-state index in [2.05, 4.69) is 4.74 Å². The first-order valence-corrected chi connectivity index (χ1v) is 9.39. The summed E-state index contributed by atoms with van der Waals surface area (Å²) in [6.45, 7) is 1.39. The van der Waals surface area contributed by atoms with Gasteiger partial charge in [-0.05, 0) is 42.8 Å². The number of hydrogen-bond donors (Lipinski definition) is 0. The second-order valence-electron chi connectivity index (χ2n) is 6.69. The first-order valence-electron chi connectivity index (χ1n) is 9.39. The standard InChI is InChI=1S/C23H18N2O7/c1-13(25-20(26)16-6-4-5-7-17(16)21(25)27)22(28)32-18-9-8-14(11-19(18)30-2)10-15(12-24)23(29)31-3/h4-11,13H,1-3H3/b15-10+/t13-/m0/s1. The van der Waals surface area contributed by atoms with Crippen LogP contribution in [-0.2, 0) is 14.3 Å². The van der Waals surface area contributed by atoms with E-state index < -0.39 is 29.8 Å². The molecule has 32 heavy (non-hydrogen) atoms. The van der Waals surface area contributed by atoms with Gasteiger partial charge in [0.15, 0.2) is 11.5 Å². The first-order chi connectivity index (χ1) is 15.3. The number of benzene rings is 2. The fraction of sp³-hybridized carbons (Fsp3) is 0.174. The van der Waals surface area contributed by atoms with Gasteiger partial charge in [-0.25, -0.2) is 9.59 Å². The summed E-state index contributed by atoms with van der Waals surface area (Å²) in [5.74, 6) is -2.60. The van der Waals surface area contributed by atoms with Gasteiger partial charge in [-0.15, -0.1) is 0 Å². The van der Waals surface area contributed by atoms with Crippen molar-refractivity contribution in [3.8, 4) is 17.6 Å². The quantitative estimate of drug-likeness (QED) is 0.223. The van der Waals surface area contributed by atoms with Gasteiger partial charge >= 0.3 is 11.9 Å². The van der Waals surface area contributed by atoms with E-state index in [1.54, 1.807) is 18.2 Å². The van der Waals surface area contributed by atoms with Crippen LogP contribution in [0, 0.1) is 11.3 Å². The van der Waals surface area contributed by atoms with Crippen LogP contribution < -0.4 is 9.47 Å². The molecule has 0 fully saturated rings. The van der Waals surface area contributed by atoms with Gasteiger partial charge in [-0.1, -0.05) is 18.2 Å². The molecule has 1 aliphatic heterocycles. The molecular weight excluding hydrogens is 416 g/mol. The van der Waals surface area contributed by atoms with E-state index in [-0.39, 0.29) is 28.2 Å². The number of nitrogens with zero attached hydrogens (tertiary/aromatic N) is 2. The Morgan fingerprint density at radius 2 is 1.66 bits per heavy atom. The number of methoxy groups -OCH3 is 2. The Morgan fingerprint density at radius 3 is 2.19 bits per heavy atom. The molecule has 0 aromatic heterocycles. The van der Waals surface area contributed by atoms with Gasteiger partial charge in [-0.3, -0.25) is 14.5 Å². The highest BCUT2D eigenvalue weighted by atomic mass is 16.6. The minimum Gasteiger partial charge on any atom is -0.493 e. The summed E-state index contributed by atoms with van der Waals surface area (Å²) < 4.78 is 15.1. The normalized spacial score (nSPS) is 13.8. The van der Waals surface area contributed by atoms with Crippen LogP contribution in [0.4, 0.5) is 0 Å². The maximum absolute atomic E-state index is 12.7. The Hall–Kier alpha value is -4.45. The van der Waals surface area contributed by atoms with Crippen LogP contribution in [0.15, 0.2) is 48.0 Å². The lowest BCUT2D eigenvalue weighted by atomic mass is 10.1. The molecule has 1 atom stereocenters. The highest BCUT2D eigenvalue weighted by Crippen LogP contribution is 2.31. The average Bonchev–Trinajstić information content (AvgIpc) is 3.07. The minimum atomic E-state index is -1.18. The third-order valence-corrected chi connectivity index (χ3v) is 4.79. The maximum atomic E-state index is 12.7. The van der Waals surface area contributed by atoms with E-state index in [1.165, 1.54) is 50.4 Å². The van der Waals surface area contributed by atoms with Crippen LogP contribution in [0.25, 0.3) is 6.08 Å². The predicted molar refractivity (Wildman–Crippen MR) is 111 cm³/mol. The van der Waals surface area contributed by atoms with E-state index in [1.807, 2.05) is 0 Å². The van der Waals surface area contributed by atoms with Gasteiger partial charge in [0.05, 0.1) is 25.3 Å². The van der Waals surface area contributed by atoms with Gasteiger partial charge in [0.25, 0.3) is 11.8 Å². The smallest absolute Gasteiger partial charge is 0.348 e. The van der Waals surface area contributed by atoms with Crippen molar-refractivity contribution in [2.24, 2.45) is 0 Å². The van der Waals surface area contributed by atoms with Gasteiger partial charge in [-0.2, -0.15) is 5.26 Å². The first kappa shape index (κ1) is 22.2. The van der Waals surface area contributed by atoms with Crippen LogP contribution in [0.2, 0.25) is 0 Å². The van der Waals surface area contributed by atoms with Gasteiger partial charge in [0.1, 0.15) is 17.7 Å². The number of ether oxygens (including phenoxy) is 3. The molecule has 0 aliphatic carbocycles. The summed E-state index contributed by atoms with van der Waals surface area (Å²) in [5, 5.41) is 9.08. The maximum Gasteiger partial charge on any atom is 0.348 e. The van der Waals surface area contributed by atoms with Gasteiger partial charge in [0.2, 0.25) is 0 Å². The molecule has 162 valence electrons. The van der Waals surface area contributed by atoms with Crippen molar-refractivity contribution in [1.29, 1.82) is 5.26 Å². The topological polar surface area (TPSA) is 123 Å². The fourth-order valence-corrected chi connectivity index (χ4v) is 3.13. The molecule has 1 heterocycles. The third-order valence-electron chi connectivity index (χ3n) is 4.79. The van der Waals surface area contributed by atoms with Crippen molar-refractivity contribution in [2.45, 2.75) is 13.0 Å². The van der Waals surface area contributed by atoms with Gasteiger partial charge < -0.3 is 14.2 Å². The van der Waals surface area contributed by atoms with Crippen molar-refractivity contribution in [3.63, 3.8) is 0 Å². The predicted octanol–water partition coefficient (Wildman–Crippen LogP) is 2.37. The number of rotatable bonds is 6. The largest absolute Gasteiger partial charge is 0.493 e. The van der Waals surface area contributed by atoms with E-state index in [0.29, 0.717) is 5.56 Å². The van der Waals surface area contributed by atoms with Crippen LogP contribution in [-0.4, -0.2) is 48.9 Å². The Kier molecular flexibility index (Phi) is 6.35. The van der Waals surface area contributed by atoms with Crippen molar-refractivity contribution in [1.82, 2.24) is 4.90 Å². The number of carbonyl (C=O) groups excluding carboxylic acids is 4. The lowest BCUT2D eigenvalue weighted by Crippen LogP contribution is -2.44. The molecule has 0 spiro atoms. The van der Waals surface area contributed by atoms with Crippen molar-refractivity contribution in [3.05, 3.63) is 64.7 Å². The molecule has 9 heteroatoms. The second-order valence-corrected chi connectivity index (χ2v) is 6.69. The van der Waals surface area contributed by atoms with Crippen molar-refractivity contribution < 1.29 is 33.4 Å². The van der Waals surface area contributed by atoms with Crippen molar-refractivity contribution in [2.75, 3.05) is 14.2 Å². The van der Waals surface area contributed by atoms with Crippen LogP contribution in [0.5, 0.6) is 11.5 Å². The summed E-state index contributed by atoms with van der Waals surface area (Å²) in [5.41, 5.74) is 0.657. The summed E-state index contributed by atoms with van der Waals surface area (Å²) in [7, 11) is 2.51. The van der Waals surface area contributed by atoms with Gasteiger partial charge in [0, 0.05) is 0 Å². The molecule has 2 aromatic carbocycles. The molecule has 0 N–H and O–H groups in total. The Morgan fingerprint density at radius 1 is 1.03 bits per heavy atom. The van der Waals surface area contributed by atoms with E-state index >= 15 is 0 Å². The zero-order valence-electron chi connectivity index (χ0n) is 17.4. The molecule has 9 nitrogen and oxygen atoms in total. The number of esters is 2. The Labute approximate surface area is 183 Å². The molecular formula is C23H18N2O7. The number of amides is 2. The number of nitriles is 1. The molecule has 3 rings (SSSR count). The highest BCUT2D eigenvalue weighted by Gasteiger charge is 2.41. The molecule has 0 bridgehead atoms. The van der Waals surface area contributed by atoms with Crippen molar-refractivity contribution >= 4 is 29.8 Å². The van der Waals surface area contributed by atoms with Crippen LogP contribution >= 0.6 is 0 Å². The molecule has 0 saturated heterocycles. The number of imide groups is 1. The average molecular weight is 434 g/mol. The third kappa shape index (κ3) is 4.06. The molecule has 0 radical (unpaired) electrons. The summed E-state index contributed by atoms with van der Waals surface area (Å²) in [4.78, 5) is 50.3. The lowest BCUT2D eigenvalue weighted by molar-refractivity contribution is -0.138. The summed E-state index contributed by atoms with van der Waals surface area (Å²) >= 11 is 0. The summed E-state index contributed by atoms with van der Waals surface area (Å²) in [6, 6.07) is 11.2. The zero-order valence-corrected chi connectivity index (χ0v) is 17.4. The van der Waals surface area contributed by atoms with E-state index in [9.17, 15) is 19.2 Å². The Bertz CT molecular complexity index is 1160. The Balaban J connectivity index is 1.81. The van der Waals surface area contributed by atoms with E-state index in [0.717, 1.165) is 12.0 Å². The fourth-order valence-electron chi connectivity index (χ4n) is 3.13. The van der Waals surface area contributed by atoms with Crippen LogP contribution in [0.1, 0.15) is 33.2 Å². The highest BCUT2D eigenvalue weighted by molar-refractivity contribution is 6.22. The SMILES string of the molecule is COC(=O)/C(C#N)=C/c1ccc(OC(=O)[C@H](C)N2C(=O)c3ccccc3C2=O)c(OC)c1. The van der Waals surface area contributed by atoms with Crippen LogP contribution in [0.3, 0.4) is 0 Å². The number of hydrogen-bond acceptors (Lipinski definition) is 8. The molecule has 2 aromatic rings. The molecule has 1 aliphatic rings.